The van der Waals surface area contributed by atoms with Crippen LogP contribution in [0.5, 0.6) is 5.75 Å². The van der Waals surface area contributed by atoms with E-state index in [1.165, 1.54) is 12.1 Å². The van der Waals surface area contributed by atoms with Crippen LogP contribution in [0.3, 0.4) is 0 Å². The predicted molar refractivity (Wildman–Crippen MR) is 105 cm³/mol. The monoisotopic (exact) mass is 412 g/mol. The Labute approximate surface area is 170 Å². The number of thioether (sulfide) groups is 1. The normalized spacial score (nSPS) is 12.6. The van der Waals surface area contributed by atoms with Crippen LogP contribution in [-0.2, 0) is 4.79 Å². The molecule has 0 radical (unpaired) electrons. The molecule has 2 aromatic carbocycles. The summed E-state index contributed by atoms with van der Waals surface area (Å²) in [6.45, 7) is 3.36. The van der Waals surface area contributed by atoms with E-state index in [1.807, 2.05) is 6.07 Å². The molecule has 9 heteroatoms. The molecule has 148 valence electrons. The van der Waals surface area contributed by atoms with Crippen LogP contribution < -0.4 is 10.1 Å². The molecule has 0 aliphatic carbocycles. The number of rotatable bonds is 7. The molecule has 7 nitrogen and oxygen atoms in total. The Bertz CT molecular complexity index is 1030. The minimum atomic E-state index is -0.656. The van der Waals surface area contributed by atoms with Gasteiger partial charge in [-0.25, -0.2) is 4.39 Å². The summed E-state index contributed by atoms with van der Waals surface area (Å²) in [6, 6.07) is 14.6. The lowest BCUT2D eigenvalue weighted by Gasteiger charge is -2.11. The van der Waals surface area contributed by atoms with Gasteiger partial charge in [0.1, 0.15) is 0 Å². The topological polar surface area (TPSA) is 101 Å². The van der Waals surface area contributed by atoms with Gasteiger partial charge in [0.2, 0.25) is 5.91 Å². The smallest absolute Gasteiger partial charge is 0.277 e. The van der Waals surface area contributed by atoms with Gasteiger partial charge in [0.25, 0.3) is 11.1 Å². The molecule has 1 heterocycles. The fourth-order valence-electron chi connectivity index (χ4n) is 2.29. The highest BCUT2D eigenvalue weighted by Crippen LogP contribution is 2.27. The van der Waals surface area contributed by atoms with Crippen LogP contribution in [0.2, 0.25) is 0 Å². The summed E-state index contributed by atoms with van der Waals surface area (Å²) < 4.78 is 24.7. The van der Waals surface area contributed by atoms with Crippen molar-refractivity contribution in [3.63, 3.8) is 0 Å². The number of nitrogens with one attached hydrogen (secondary N) is 1. The van der Waals surface area contributed by atoms with Crippen molar-refractivity contribution in [3.8, 4) is 11.8 Å². The van der Waals surface area contributed by atoms with Crippen LogP contribution >= 0.6 is 11.8 Å². The molecule has 0 aliphatic heterocycles. The zero-order chi connectivity index (χ0) is 20.8. The lowest BCUT2D eigenvalue weighted by Crippen LogP contribution is -2.22. The van der Waals surface area contributed by atoms with Crippen LogP contribution in [0.25, 0.3) is 0 Å². The van der Waals surface area contributed by atoms with Crippen molar-refractivity contribution in [1.29, 1.82) is 5.26 Å². The summed E-state index contributed by atoms with van der Waals surface area (Å²) in [5, 5.41) is 19.1. The van der Waals surface area contributed by atoms with Crippen molar-refractivity contribution in [2.45, 2.75) is 30.4 Å². The number of ether oxygens (including phenoxy) is 1. The summed E-state index contributed by atoms with van der Waals surface area (Å²) in [5.41, 5.74) is 1.09. The number of carbonyl (C=O) groups excluding carboxylic acids is 1. The largest absolute Gasteiger partial charge is 0.478 e. The molecule has 0 aliphatic rings. The number of para-hydroxylation sites is 1. The molecule has 1 aromatic heterocycles. The van der Waals surface area contributed by atoms with Gasteiger partial charge >= 0.3 is 0 Å². The molecule has 0 saturated carbocycles. The molecule has 0 unspecified atom stereocenters. The first kappa shape index (κ1) is 20.4. The Kier molecular flexibility index (Phi) is 6.46. The Balaban J connectivity index is 1.57. The van der Waals surface area contributed by atoms with Crippen molar-refractivity contribution < 1.29 is 18.3 Å². The van der Waals surface area contributed by atoms with Gasteiger partial charge in [0, 0.05) is 5.69 Å². The number of carbonyl (C=O) groups is 1. The quantitative estimate of drug-likeness (QED) is 0.576. The third-order valence-corrected chi connectivity index (χ3v) is 4.77. The first-order chi connectivity index (χ1) is 14.0. The van der Waals surface area contributed by atoms with Crippen LogP contribution in [-0.4, -0.2) is 21.4 Å². The Morgan fingerprint density at radius 1 is 1.21 bits per heavy atom. The summed E-state index contributed by atoms with van der Waals surface area (Å²) in [5.74, 6) is -0.477. The van der Waals surface area contributed by atoms with E-state index in [2.05, 4.69) is 15.5 Å². The Morgan fingerprint density at radius 2 is 1.93 bits per heavy atom. The maximum absolute atomic E-state index is 13.7. The molecular weight excluding hydrogens is 395 g/mol. The van der Waals surface area contributed by atoms with Crippen molar-refractivity contribution in [1.82, 2.24) is 10.2 Å². The van der Waals surface area contributed by atoms with E-state index in [0.29, 0.717) is 11.3 Å². The van der Waals surface area contributed by atoms with Gasteiger partial charge in [-0.15, -0.1) is 10.2 Å². The molecule has 0 spiro atoms. The van der Waals surface area contributed by atoms with E-state index in [4.69, 9.17) is 14.4 Å². The number of hydrogen-bond donors (Lipinski definition) is 1. The molecule has 0 saturated heterocycles. The fourth-order valence-corrected chi connectivity index (χ4v) is 2.98. The molecule has 1 amide bonds. The maximum Gasteiger partial charge on any atom is 0.277 e. The first-order valence-electron chi connectivity index (χ1n) is 8.68. The van der Waals surface area contributed by atoms with Gasteiger partial charge in [-0.2, -0.15) is 5.26 Å². The zero-order valence-electron chi connectivity index (χ0n) is 15.6. The van der Waals surface area contributed by atoms with E-state index in [-0.39, 0.29) is 22.8 Å². The van der Waals surface area contributed by atoms with Gasteiger partial charge in [0.05, 0.1) is 16.9 Å². The van der Waals surface area contributed by atoms with Crippen molar-refractivity contribution in [3.05, 3.63) is 65.8 Å². The Hall–Kier alpha value is -3.38. The highest BCUT2D eigenvalue weighted by atomic mass is 32.2. The molecule has 3 aromatic rings. The summed E-state index contributed by atoms with van der Waals surface area (Å²) in [6.07, 6.45) is -0.656. The standard InChI is InChI=1S/C20H17FN4O3S/c1-12(27-17-6-4-3-5-16(17)21)19-24-25-20(28-19)29-13(2)18(26)23-15-9-7-14(11-22)8-10-15/h3-10,12-13H,1-2H3,(H,23,26)/t12-,13+/m1/s1. The summed E-state index contributed by atoms with van der Waals surface area (Å²) in [7, 11) is 0. The van der Waals surface area contributed by atoms with Crippen LogP contribution in [0.1, 0.15) is 31.4 Å². The lowest BCUT2D eigenvalue weighted by atomic mass is 10.2. The molecule has 3 rings (SSSR count). The van der Waals surface area contributed by atoms with Gasteiger partial charge in [-0.3, -0.25) is 4.79 Å². The molecular formula is C20H17FN4O3S. The Morgan fingerprint density at radius 3 is 2.62 bits per heavy atom. The predicted octanol–water partition coefficient (Wildman–Crippen LogP) is 4.34. The van der Waals surface area contributed by atoms with E-state index in [9.17, 15) is 9.18 Å². The molecule has 1 N–H and O–H groups in total. The molecule has 0 bridgehead atoms. The highest BCUT2D eigenvalue weighted by Gasteiger charge is 2.21. The average molecular weight is 412 g/mol. The summed E-state index contributed by atoms with van der Waals surface area (Å²) in [4.78, 5) is 12.3. The highest BCUT2D eigenvalue weighted by molar-refractivity contribution is 8.00. The molecule has 0 fully saturated rings. The minimum absolute atomic E-state index is 0.0857. The van der Waals surface area contributed by atoms with Gasteiger partial charge in [-0.1, -0.05) is 23.9 Å². The second-order valence-corrected chi connectivity index (χ2v) is 7.33. The van der Waals surface area contributed by atoms with E-state index >= 15 is 0 Å². The second-order valence-electron chi connectivity index (χ2n) is 6.04. The van der Waals surface area contributed by atoms with Crippen LogP contribution in [0.15, 0.2) is 58.2 Å². The third kappa shape index (κ3) is 5.33. The van der Waals surface area contributed by atoms with Gasteiger partial charge in [0.15, 0.2) is 17.7 Å². The molecule has 2 atom stereocenters. The van der Waals surface area contributed by atoms with E-state index in [1.54, 1.807) is 50.2 Å². The van der Waals surface area contributed by atoms with Crippen molar-refractivity contribution in [2.24, 2.45) is 0 Å². The van der Waals surface area contributed by atoms with Gasteiger partial charge in [-0.05, 0) is 50.2 Å². The third-order valence-electron chi connectivity index (χ3n) is 3.84. The number of hydrogen-bond acceptors (Lipinski definition) is 7. The number of benzene rings is 2. The van der Waals surface area contributed by atoms with Gasteiger partial charge < -0.3 is 14.5 Å². The number of aromatic nitrogens is 2. The lowest BCUT2D eigenvalue weighted by molar-refractivity contribution is -0.115. The number of nitrogens with zero attached hydrogens (tertiary/aromatic N) is 3. The van der Waals surface area contributed by atoms with Crippen molar-refractivity contribution in [2.75, 3.05) is 5.32 Å². The van der Waals surface area contributed by atoms with E-state index < -0.39 is 17.2 Å². The SMILES string of the molecule is C[C@H](Sc1nnc([C@@H](C)Oc2ccccc2F)o1)C(=O)Nc1ccc(C#N)cc1. The number of halogens is 1. The number of anilines is 1. The van der Waals surface area contributed by atoms with Crippen molar-refractivity contribution >= 4 is 23.4 Å². The second kappa shape index (κ2) is 9.21. The first-order valence-corrected chi connectivity index (χ1v) is 9.56. The van der Waals surface area contributed by atoms with Crippen LogP contribution in [0, 0.1) is 17.1 Å². The summed E-state index contributed by atoms with van der Waals surface area (Å²) >= 11 is 1.09. The zero-order valence-corrected chi connectivity index (χ0v) is 16.4. The van der Waals surface area contributed by atoms with E-state index in [0.717, 1.165) is 11.8 Å². The fraction of sp³-hybridized carbons (Fsp3) is 0.200. The number of nitriles is 1. The maximum atomic E-state index is 13.7. The molecule has 29 heavy (non-hydrogen) atoms. The number of amides is 1. The van der Waals surface area contributed by atoms with Crippen LogP contribution in [0.4, 0.5) is 10.1 Å². The minimum Gasteiger partial charge on any atom is -0.478 e. The average Bonchev–Trinajstić information content (AvgIpc) is 3.19.